The number of hydrogen-bond acceptors (Lipinski definition) is 4. The zero-order valence-electron chi connectivity index (χ0n) is 15.6. The summed E-state index contributed by atoms with van der Waals surface area (Å²) in [6.45, 7) is 0. The number of fused-ring (bicyclic) bond motifs is 1. The highest BCUT2D eigenvalue weighted by molar-refractivity contribution is 6.33. The fourth-order valence-electron chi connectivity index (χ4n) is 4.21. The highest BCUT2D eigenvalue weighted by atomic mass is 35.5. The molecule has 2 atom stereocenters. The summed E-state index contributed by atoms with van der Waals surface area (Å²) in [4.78, 5) is 13.4. The largest absolute Gasteiger partial charge is 0.467 e. The average Bonchev–Trinajstić information content (AvgIpc) is 3.48. The SMILES string of the molecule is O=C(c1ccccc1Cl)N1N=C2C(=Cc3ccco3)CCCC2C1c1ccco1. The first kappa shape index (κ1) is 18.0. The lowest BCUT2D eigenvalue weighted by molar-refractivity contribution is 0.0656. The summed E-state index contributed by atoms with van der Waals surface area (Å²) in [5, 5.41) is 6.76. The predicted molar refractivity (Wildman–Crippen MR) is 111 cm³/mol. The molecule has 5 rings (SSSR count). The minimum Gasteiger partial charge on any atom is -0.467 e. The molecule has 2 aromatic heterocycles. The molecule has 2 unspecified atom stereocenters. The van der Waals surface area contributed by atoms with Crippen molar-refractivity contribution in [2.75, 3.05) is 0 Å². The van der Waals surface area contributed by atoms with Gasteiger partial charge < -0.3 is 8.83 Å². The maximum absolute atomic E-state index is 13.4. The van der Waals surface area contributed by atoms with Gasteiger partial charge in [0.15, 0.2) is 0 Å². The summed E-state index contributed by atoms with van der Waals surface area (Å²) in [5.74, 6) is 1.36. The molecule has 1 aliphatic heterocycles. The molecule has 0 bridgehead atoms. The molecule has 3 heterocycles. The Morgan fingerprint density at radius 2 is 1.93 bits per heavy atom. The second-order valence-corrected chi connectivity index (χ2v) is 7.67. The molecule has 0 spiro atoms. The van der Waals surface area contributed by atoms with E-state index in [2.05, 4.69) is 0 Å². The van der Waals surface area contributed by atoms with Gasteiger partial charge in [0.2, 0.25) is 0 Å². The van der Waals surface area contributed by atoms with Gasteiger partial charge in [-0.15, -0.1) is 0 Å². The van der Waals surface area contributed by atoms with Gasteiger partial charge in [-0.1, -0.05) is 23.7 Å². The van der Waals surface area contributed by atoms with Gasteiger partial charge in [0.25, 0.3) is 5.91 Å². The molecule has 3 aromatic rings. The minimum atomic E-state index is -0.288. The van der Waals surface area contributed by atoms with Crippen LogP contribution in [0.5, 0.6) is 0 Å². The standard InChI is InChI=1S/C23H19ClN2O3/c24-19-10-2-1-8-17(19)23(27)26-22(20-11-5-13-29-20)18-9-3-6-15(21(18)25-26)14-16-7-4-12-28-16/h1-2,4-5,7-8,10-14,18,22H,3,6,9H2. The molecular weight excluding hydrogens is 388 g/mol. The maximum atomic E-state index is 13.4. The van der Waals surface area contributed by atoms with Crippen LogP contribution in [0.4, 0.5) is 0 Å². The highest BCUT2D eigenvalue weighted by Gasteiger charge is 2.45. The topological polar surface area (TPSA) is 59.0 Å². The minimum absolute atomic E-state index is 0.0718. The van der Waals surface area contributed by atoms with E-state index < -0.39 is 0 Å². The number of hydrazone groups is 1. The van der Waals surface area contributed by atoms with Crippen LogP contribution < -0.4 is 0 Å². The molecule has 1 fully saturated rings. The Labute approximate surface area is 173 Å². The number of furan rings is 2. The summed E-state index contributed by atoms with van der Waals surface area (Å²) in [7, 11) is 0. The summed E-state index contributed by atoms with van der Waals surface area (Å²) < 4.78 is 11.2. The lowest BCUT2D eigenvalue weighted by atomic mass is 9.79. The van der Waals surface area contributed by atoms with Gasteiger partial charge >= 0.3 is 0 Å². The fourth-order valence-corrected chi connectivity index (χ4v) is 4.43. The number of halogens is 1. The average molecular weight is 407 g/mol. The monoisotopic (exact) mass is 406 g/mol. The third-order valence-corrected chi connectivity index (χ3v) is 5.84. The first-order chi connectivity index (χ1) is 14.2. The molecule has 0 N–H and O–H groups in total. The van der Waals surface area contributed by atoms with Crippen LogP contribution in [0.2, 0.25) is 5.02 Å². The molecule has 1 aromatic carbocycles. The highest BCUT2D eigenvalue weighted by Crippen LogP contribution is 2.45. The van der Waals surface area contributed by atoms with E-state index in [1.54, 1.807) is 35.7 Å². The lowest BCUT2D eigenvalue weighted by Crippen LogP contribution is -2.31. The van der Waals surface area contributed by atoms with Gasteiger partial charge in [0.05, 0.1) is 28.8 Å². The predicted octanol–water partition coefficient (Wildman–Crippen LogP) is 5.96. The number of hydrogen-bond donors (Lipinski definition) is 0. The normalized spacial score (nSPS) is 22.6. The van der Waals surface area contributed by atoms with Crippen LogP contribution in [0.1, 0.15) is 47.2 Å². The van der Waals surface area contributed by atoms with E-state index in [-0.39, 0.29) is 17.9 Å². The summed E-state index contributed by atoms with van der Waals surface area (Å²) in [6.07, 6.45) is 8.16. The molecule has 2 aliphatic rings. The molecule has 0 radical (unpaired) electrons. The zero-order valence-corrected chi connectivity index (χ0v) is 16.4. The van der Waals surface area contributed by atoms with Crippen molar-refractivity contribution in [3.8, 4) is 0 Å². The van der Waals surface area contributed by atoms with E-state index in [0.717, 1.165) is 42.1 Å². The van der Waals surface area contributed by atoms with E-state index in [9.17, 15) is 4.79 Å². The van der Waals surface area contributed by atoms with Gasteiger partial charge in [-0.05, 0) is 67.3 Å². The van der Waals surface area contributed by atoms with Gasteiger partial charge in [0, 0.05) is 5.92 Å². The first-order valence-electron chi connectivity index (χ1n) is 9.67. The van der Waals surface area contributed by atoms with E-state index in [1.807, 2.05) is 36.4 Å². The van der Waals surface area contributed by atoms with E-state index in [4.69, 9.17) is 25.5 Å². The van der Waals surface area contributed by atoms with Crippen molar-refractivity contribution in [3.05, 3.63) is 88.7 Å². The summed E-state index contributed by atoms with van der Waals surface area (Å²) >= 11 is 6.30. The number of amides is 1. The van der Waals surface area contributed by atoms with Crippen molar-refractivity contribution >= 4 is 29.3 Å². The van der Waals surface area contributed by atoms with E-state index in [1.165, 1.54) is 0 Å². The second-order valence-electron chi connectivity index (χ2n) is 7.26. The van der Waals surface area contributed by atoms with Crippen LogP contribution >= 0.6 is 11.6 Å². The Balaban J connectivity index is 1.59. The van der Waals surface area contributed by atoms with E-state index >= 15 is 0 Å². The van der Waals surface area contributed by atoms with Crippen molar-refractivity contribution in [1.29, 1.82) is 0 Å². The van der Waals surface area contributed by atoms with Gasteiger partial charge in [0.1, 0.15) is 17.6 Å². The second kappa shape index (κ2) is 7.41. The third kappa shape index (κ3) is 3.21. The molecule has 146 valence electrons. The van der Waals surface area contributed by atoms with Crippen LogP contribution in [0.25, 0.3) is 6.08 Å². The molecule has 1 saturated carbocycles. The number of nitrogens with zero attached hydrogens (tertiary/aromatic N) is 2. The number of benzene rings is 1. The van der Waals surface area contributed by atoms with Crippen molar-refractivity contribution < 1.29 is 13.6 Å². The number of carbonyl (C=O) groups is 1. The zero-order chi connectivity index (χ0) is 19.8. The Kier molecular flexibility index (Phi) is 4.60. The number of rotatable bonds is 3. The van der Waals surface area contributed by atoms with E-state index in [0.29, 0.717) is 10.6 Å². The number of allylic oxidation sites excluding steroid dienone is 1. The maximum Gasteiger partial charge on any atom is 0.276 e. The van der Waals surface area contributed by atoms with Crippen LogP contribution in [0.3, 0.4) is 0 Å². The molecule has 6 heteroatoms. The fraction of sp³-hybridized carbons (Fsp3) is 0.217. The smallest absolute Gasteiger partial charge is 0.276 e. The Morgan fingerprint density at radius 1 is 1.10 bits per heavy atom. The van der Waals surface area contributed by atoms with Crippen LogP contribution in [-0.4, -0.2) is 16.6 Å². The molecule has 29 heavy (non-hydrogen) atoms. The van der Waals surface area contributed by atoms with Crippen molar-refractivity contribution in [2.24, 2.45) is 11.0 Å². The Morgan fingerprint density at radius 3 is 2.69 bits per heavy atom. The van der Waals surface area contributed by atoms with Gasteiger partial charge in [-0.3, -0.25) is 4.79 Å². The van der Waals surface area contributed by atoms with Gasteiger partial charge in [-0.25, -0.2) is 5.01 Å². The molecule has 1 aliphatic carbocycles. The molecule has 1 amide bonds. The Hall–Kier alpha value is -3.05. The third-order valence-electron chi connectivity index (χ3n) is 5.51. The summed E-state index contributed by atoms with van der Waals surface area (Å²) in [5.41, 5.74) is 2.46. The van der Waals surface area contributed by atoms with Crippen molar-refractivity contribution in [2.45, 2.75) is 25.3 Å². The quantitative estimate of drug-likeness (QED) is 0.539. The molecular formula is C23H19ClN2O3. The Bertz CT molecular complexity index is 1080. The van der Waals surface area contributed by atoms with Crippen LogP contribution in [0.15, 0.2) is 80.6 Å². The van der Waals surface area contributed by atoms with Crippen LogP contribution in [0, 0.1) is 5.92 Å². The van der Waals surface area contributed by atoms with Crippen molar-refractivity contribution in [1.82, 2.24) is 5.01 Å². The number of carbonyl (C=O) groups excluding carboxylic acids is 1. The van der Waals surface area contributed by atoms with Crippen molar-refractivity contribution in [3.63, 3.8) is 0 Å². The van der Waals surface area contributed by atoms with Crippen LogP contribution in [-0.2, 0) is 0 Å². The molecule has 0 saturated heterocycles. The lowest BCUT2D eigenvalue weighted by Gasteiger charge is -2.27. The van der Waals surface area contributed by atoms with Gasteiger partial charge in [-0.2, -0.15) is 5.10 Å². The summed E-state index contributed by atoms with van der Waals surface area (Å²) in [6, 6.07) is 14.3. The molecule has 5 nitrogen and oxygen atoms in total. The first-order valence-corrected chi connectivity index (χ1v) is 10.0.